The second-order valence-electron chi connectivity index (χ2n) is 5.70. The molecule has 1 aliphatic heterocycles. The molecule has 2 fully saturated rings. The highest BCUT2D eigenvalue weighted by Crippen LogP contribution is 2.40. The summed E-state index contributed by atoms with van der Waals surface area (Å²) in [4.78, 5) is 11.4. The van der Waals surface area contributed by atoms with E-state index in [2.05, 4.69) is 4.72 Å². The summed E-state index contributed by atoms with van der Waals surface area (Å²) in [5.74, 6) is -1.18. The number of rotatable bonds is 5. The van der Waals surface area contributed by atoms with Gasteiger partial charge in [-0.2, -0.15) is 17.4 Å². The number of aliphatic carboxylic acids is 1. The first-order chi connectivity index (χ1) is 8.86. The molecule has 0 bridgehead atoms. The van der Waals surface area contributed by atoms with Crippen LogP contribution in [0.15, 0.2) is 0 Å². The molecule has 0 amide bonds. The van der Waals surface area contributed by atoms with E-state index in [-0.39, 0.29) is 5.92 Å². The molecule has 2 N–H and O–H groups in total. The zero-order chi connectivity index (χ0) is 14.1. The monoisotopic (exact) mass is 290 g/mol. The van der Waals surface area contributed by atoms with Gasteiger partial charge in [0.15, 0.2) is 0 Å². The van der Waals surface area contributed by atoms with Crippen molar-refractivity contribution in [3.8, 4) is 0 Å². The molecule has 1 atom stereocenters. The van der Waals surface area contributed by atoms with Gasteiger partial charge in [-0.1, -0.05) is 12.8 Å². The molecular formula is C12H22N2O4S. The molecule has 0 aromatic carbocycles. The van der Waals surface area contributed by atoms with Gasteiger partial charge in [-0.15, -0.1) is 0 Å². The molecule has 2 rings (SSSR count). The van der Waals surface area contributed by atoms with Gasteiger partial charge in [-0.3, -0.25) is 4.79 Å². The molecule has 1 heterocycles. The van der Waals surface area contributed by atoms with Crippen LogP contribution in [0.1, 0.15) is 45.4 Å². The molecule has 19 heavy (non-hydrogen) atoms. The van der Waals surface area contributed by atoms with Crippen molar-refractivity contribution in [2.24, 2.45) is 5.92 Å². The first kappa shape index (κ1) is 14.7. The van der Waals surface area contributed by atoms with Crippen LogP contribution in [0.5, 0.6) is 0 Å². The van der Waals surface area contributed by atoms with Crippen molar-refractivity contribution in [3.63, 3.8) is 0 Å². The Balaban J connectivity index is 2.12. The fourth-order valence-electron chi connectivity index (χ4n) is 2.58. The Bertz CT molecular complexity index is 439. The largest absolute Gasteiger partial charge is 0.480 e. The molecule has 0 aromatic heterocycles. The molecule has 1 aliphatic carbocycles. The van der Waals surface area contributed by atoms with Crippen molar-refractivity contribution >= 4 is 16.2 Å². The van der Waals surface area contributed by atoms with Crippen molar-refractivity contribution in [2.45, 2.75) is 51.0 Å². The summed E-state index contributed by atoms with van der Waals surface area (Å²) >= 11 is 0. The number of carboxylic acid groups (broad SMARTS) is 1. The number of nitrogens with one attached hydrogen (secondary N) is 1. The van der Waals surface area contributed by atoms with E-state index in [9.17, 15) is 18.3 Å². The summed E-state index contributed by atoms with van der Waals surface area (Å²) in [5.41, 5.74) is -1.37. The average molecular weight is 290 g/mol. The molecular weight excluding hydrogens is 268 g/mol. The van der Waals surface area contributed by atoms with Gasteiger partial charge in [0.1, 0.15) is 5.54 Å². The average Bonchev–Trinajstić information content (AvgIpc) is 3.15. The third-order valence-electron chi connectivity index (χ3n) is 4.08. The number of hydrogen-bond donors (Lipinski definition) is 2. The SMILES string of the molecule is CC(NS(=O)(=O)N1CCCCCC1)(C(=O)O)C1CC1. The first-order valence-electron chi connectivity index (χ1n) is 6.89. The third-order valence-corrected chi connectivity index (χ3v) is 5.81. The molecule has 2 aliphatic rings. The highest BCUT2D eigenvalue weighted by Gasteiger charge is 2.50. The summed E-state index contributed by atoms with van der Waals surface area (Å²) in [6.45, 7) is 2.44. The van der Waals surface area contributed by atoms with Crippen LogP contribution in [0.3, 0.4) is 0 Å². The summed E-state index contributed by atoms with van der Waals surface area (Å²) in [7, 11) is -3.71. The number of hydrogen-bond acceptors (Lipinski definition) is 3. The predicted molar refractivity (Wildman–Crippen MR) is 70.9 cm³/mol. The van der Waals surface area contributed by atoms with Crippen LogP contribution in [-0.2, 0) is 15.0 Å². The van der Waals surface area contributed by atoms with E-state index in [1.54, 1.807) is 0 Å². The molecule has 1 saturated carbocycles. The Morgan fingerprint density at radius 3 is 2.16 bits per heavy atom. The Labute approximate surface area is 114 Å². The molecule has 7 heteroatoms. The minimum absolute atomic E-state index is 0.0910. The van der Waals surface area contributed by atoms with Crippen molar-refractivity contribution in [1.29, 1.82) is 0 Å². The van der Waals surface area contributed by atoms with Gasteiger partial charge >= 0.3 is 5.97 Å². The van der Waals surface area contributed by atoms with Gasteiger partial charge in [0, 0.05) is 13.1 Å². The predicted octanol–water partition coefficient (Wildman–Crippen LogP) is 0.950. The number of nitrogens with zero attached hydrogens (tertiary/aromatic N) is 1. The molecule has 0 radical (unpaired) electrons. The maximum atomic E-state index is 12.3. The van der Waals surface area contributed by atoms with E-state index in [0.717, 1.165) is 38.5 Å². The van der Waals surface area contributed by atoms with E-state index >= 15 is 0 Å². The summed E-state index contributed by atoms with van der Waals surface area (Å²) in [6, 6.07) is 0. The van der Waals surface area contributed by atoms with Gasteiger partial charge in [-0.05, 0) is 38.5 Å². The van der Waals surface area contributed by atoms with Crippen LogP contribution in [0.2, 0.25) is 0 Å². The van der Waals surface area contributed by atoms with Crippen LogP contribution in [0, 0.1) is 5.92 Å². The normalized spacial score (nSPS) is 25.5. The minimum Gasteiger partial charge on any atom is -0.480 e. The van der Waals surface area contributed by atoms with Crippen molar-refractivity contribution in [1.82, 2.24) is 9.03 Å². The maximum absolute atomic E-state index is 12.3. The second kappa shape index (κ2) is 5.38. The second-order valence-corrected chi connectivity index (χ2v) is 7.37. The van der Waals surface area contributed by atoms with Gasteiger partial charge in [0.25, 0.3) is 10.2 Å². The Hall–Kier alpha value is -0.660. The van der Waals surface area contributed by atoms with Gasteiger partial charge in [-0.25, -0.2) is 0 Å². The summed E-state index contributed by atoms with van der Waals surface area (Å²) in [6.07, 6.45) is 5.29. The van der Waals surface area contributed by atoms with Crippen molar-refractivity contribution in [3.05, 3.63) is 0 Å². The van der Waals surface area contributed by atoms with Crippen LogP contribution in [-0.4, -0.2) is 42.4 Å². The molecule has 1 unspecified atom stereocenters. The molecule has 1 saturated heterocycles. The van der Waals surface area contributed by atoms with E-state index in [1.807, 2.05) is 0 Å². The lowest BCUT2D eigenvalue weighted by atomic mass is 9.98. The lowest BCUT2D eigenvalue weighted by Gasteiger charge is -2.29. The fourth-order valence-corrected chi connectivity index (χ4v) is 4.23. The van der Waals surface area contributed by atoms with Crippen LogP contribution in [0.4, 0.5) is 0 Å². The molecule has 110 valence electrons. The van der Waals surface area contributed by atoms with Gasteiger partial charge in [0.05, 0.1) is 0 Å². The van der Waals surface area contributed by atoms with Crippen molar-refractivity contribution < 1.29 is 18.3 Å². The zero-order valence-corrected chi connectivity index (χ0v) is 12.1. The topological polar surface area (TPSA) is 86.7 Å². The highest BCUT2D eigenvalue weighted by atomic mass is 32.2. The maximum Gasteiger partial charge on any atom is 0.324 e. The highest BCUT2D eigenvalue weighted by molar-refractivity contribution is 7.87. The summed E-state index contributed by atoms with van der Waals surface area (Å²) < 4.78 is 28.5. The van der Waals surface area contributed by atoms with E-state index in [4.69, 9.17) is 0 Å². The van der Waals surface area contributed by atoms with Crippen LogP contribution >= 0.6 is 0 Å². The van der Waals surface area contributed by atoms with E-state index < -0.39 is 21.7 Å². The van der Waals surface area contributed by atoms with Crippen molar-refractivity contribution in [2.75, 3.05) is 13.1 Å². The fraction of sp³-hybridized carbons (Fsp3) is 0.917. The number of carboxylic acids is 1. The van der Waals surface area contributed by atoms with Gasteiger partial charge < -0.3 is 5.11 Å². The minimum atomic E-state index is -3.71. The number of carbonyl (C=O) groups is 1. The molecule has 0 aromatic rings. The summed E-state index contributed by atoms with van der Waals surface area (Å²) in [5, 5.41) is 9.31. The molecule has 6 nitrogen and oxygen atoms in total. The Morgan fingerprint density at radius 1 is 1.21 bits per heavy atom. The van der Waals surface area contributed by atoms with Crippen LogP contribution in [0.25, 0.3) is 0 Å². The van der Waals surface area contributed by atoms with E-state index in [1.165, 1.54) is 11.2 Å². The smallest absolute Gasteiger partial charge is 0.324 e. The quantitative estimate of drug-likeness (QED) is 0.789. The lowest BCUT2D eigenvalue weighted by Crippen LogP contribution is -2.57. The zero-order valence-electron chi connectivity index (χ0n) is 11.3. The standard InChI is InChI=1S/C12H22N2O4S/c1-12(11(15)16,10-6-7-10)13-19(17,18)14-8-4-2-3-5-9-14/h10,13H,2-9H2,1H3,(H,15,16). The lowest BCUT2D eigenvalue weighted by molar-refractivity contribution is -0.144. The van der Waals surface area contributed by atoms with Crippen LogP contribution < -0.4 is 4.72 Å². The Kier molecular flexibility index (Phi) is 4.17. The molecule has 0 spiro atoms. The van der Waals surface area contributed by atoms with Gasteiger partial charge in [0.2, 0.25) is 0 Å². The van der Waals surface area contributed by atoms with E-state index in [0.29, 0.717) is 13.1 Å². The first-order valence-corrected chi connectivity index (χ1v) is 8.33. The third kappa shape index (κ3) is 3.27. The Morgan fingerprint density at radius 2 is 1.74 bits per heavy atom.